The maximum atomic E-state index is 11.8. The van der Waals surface area contributed by atoms with Gasteiger partial charge in [-0.2, -0.15) is 0 Å². The molecule has 0 aromatic heterocycles. The Hall–Kier alpha value is -0.570. The predicted molar refractivity (Wildman–Crippen MR) is 76.5 cm³/mol. The molecular weight excluding hydrogens is 224 g/mol. The first-order valence-electron chi connectivity index (χ1n) is 7.33. The van der Waals surface area contributed by atoms with Gasteiger partial charge in [-0.1, -0.05) is 33.6 Å². The van der Waals surface area contributed by atoms with E-state index in [0.29, 0.717) is 23.9 Å². The number of likely N-dealkylation sites (N-methyl/N-ethyl adjacent to an activating group) is 1. The minimum atomic E-state index is 0.204. The van der Waals surface area contributed by atoms with Crippen molar-refractivity contribution in [3.63, 3.8) is 0 Å². The quantitative estimate of drug-likeness (QED) is 0.836. The van der Waals surface area contributed by atoms with Gasteiger partial charge in [0.25, 0.3) is 0 Å². The fourth-order valence-electron chi connectivity index (χ4n) is 2.94. The number of carbonyl (C=O) groups is 1. The van der Waals surface area contributed by atoms with Crippen molar-refractivity contribution in [2.75, 3.05) is 20.1 Å². The van der Waals surface area contributed by atoms with Crippen LogP contribution >= 0.6 is 0 Å². The topological polar surface area (TPSA) is 32.3 Å². The van der Waals surface area contributed by atoms with Crippen LogP contribution in [0.25, 0.3) is 0 Å². The first-order valence-corrected chi connectivity index (χ1v) is 7.33. The Morgan fingerprint density at radius 2 is 1.89 bits per heavy atom. The fraction of sp³-hybridized carbons (Fsp3) is 0.933. The molecule has 0 heterocycles. The summed E-state index contributed by atoms with van der Waals surface area (Å²) in [4.78, 5) is 13.6. The SMILES string of the molecule is CCN(C)C(=O)CNC1CCCCC1C(C)(C)C. The number of nitrogens with zero attached hydrogens (tertiary/aromatic N) is 1. The zero-order chi connectivity index (χ0) is 13.8. The highest BCUT2D eigenvalue weighted by atomic mass is 16.2. The van der Waals surface area contributed by atoms with Gasteiger partial charge in [-0.3, -0.25) is 4.79 Å². The Balaban J connectivity index is 2.50. The highest BCUT2D eigenvalue weighted by molar-refractivity contribution is 5.77. The van der Waals surface area contributed by atoms with Crippen LogP contribution in [0, 0.1) is 11.3 Å². The van der Waals surface area contributed by atoms with E-state index in [0.717, 1.165) is 6.54 Å². The summed E-state index contributed by atoms with van der Waals surface area (Å²) in [6.45, 7) is 10.2. The highest BCUT2D eigenvalue weighted by Gasteiger charge is 2.34. The van der Waals surface area contributed by atoms with E-state index in [1.807, 2.05) is 14.0 Å². The average Bonchev–Trinajstić information content (AvgIpc) is 2.34. The molecule has 1 amide bonds. The lowest BCUT2D eigenvalue weighted by Gasteiger charge is -2.41. The third-order valence-electron chi connectivity index (χ3n) is 4.29. The van der Waals surface area contributed by atoms with Gasteiger partial charge in [-0.05, 0) is 31.1 Å². The molecule has 0 bridgehead atoms. The van der Waals surface area contributed by atoms with Crippen LogP contribution in [-0.4, -0.2) is 37.0 Å². The number of hydrogen-bond acceptors (Lipinski definition) is 2. The number of carbonyl (C=O) groups excluding carboxylic acids is 1. The van der Waals surface area contributed by atoms with Crippen molar-refractivity contribution in [3.8, 4) is 0 Å². The van der Waals surface area contributed by atoms with E-state index in [-0.39, 0.29) is 5.91 Å². The molecule has 2 atom stereocenters. The summed E-state index contributed by atoms with van der Waals surface area (Å²) in [6, 6.07) is 0.507. The van der Waals surface area contributed by atoms with Crippen LogP contribution < -0.4 is 5.32 Å². The van der Waals surface area contributed by atoms with Crippen LogP contribution in [-0.2, 0) is 4.79 Å². The third kappa shape index (κ3) is 4.27. The first kappa shape index (κ1) is 15.5. The van der Waals surface area contributed by atoms with Crippen molar-refractivity contribution in [1.29, 1.82) is 0 Å². The summed E-state index contributed by atoms with van der Waals surface area (Å²) in [5, 5.41) is 3.50. The number of hydrogen-bond donors (Lipinski definition) is 1. The molecule has 1 aliphatic rings. The normalized spacial score (nSPS) is 24.9. The van der Waals surface area contributed by atoms with Gasteiger partial charge >= 0.3 is 0 Å². The maximum Gasteiger partial charge on any atom is 0.236 e. The zero-order valence-corrected chi connectivity index (χ0v) is 12.8. The van der Waals surface area contributed by atoms with Crippen LogP contribution in [0.1, 0.15) is 53.4 Å². The van der Waals surface area contributed by atoms with Gasteiger partial charge in [0.05, 0.1) is 6.54 Å². The van der Waals surface area contributed by atoms with Gasteiger partial charge in [0.15, 0.2) is 0 Å². The number of amides is 1. The van der Waals surface area contributed by atoms with Crippen LogP contribution in [0.3, 0.4) is 0 Å². The van der Waals surface area contributed by atoms with E-state index < -0.39 is 0 Å². The number of nitrogens with one attached hydrogen (secondary N) is 1. The summed E-state index contributed by atoms with van der Waals surface area (Å²) >= 11 is 0. The van der Waals surface area contributed by atoms with Gasteiger partial charge in [0.1, 0.15) is 0 Å². The molecule has 3 nitrogen and oxygen atoms in total. The number of rotatable bonds is 4. The molecule has 0 aromatic carbocycles. The Kier molecular flexibility index (Phi) is 5.64. The first-order chi connectivity index (χ1) is 8.36. The third-order valence-corrected chi connectivity index (χ3v) is 4.29. The second-order valence-electron chi connectivity index (χ2n) is 6.65. The smallest absolute Gasteiger partial charge is 0.236 e. The molecular formula is C15H30N2O. The van der Waals surface area contributed by atoms with Crippen LogP contribution in [0.2, 0.25) is 0 Å². The maximum absolute atomic E-state index is 11.8. The lowest BCUT2D eigenvalue weighted by atomic mass is 9.69. The van der Waals surface area contributed by atoms with Crippen molar-refractivity contribution in [2.24, 2.45) is 11.3 Å². The minimum Gasteiger partial charge on any atom is -0.345 e. The molecule has 0 spiro atoms. The summed E-state index contributed by atoms with van der Waals surface area (Å²) in [6.07, 6.45) is 5.13. The molecule has 1 aliphatic carbocycles. The van der Waals surface area contributed by atoms with Crippen molar-refractivity contribution in [2.45, 2.75) is 59.4 Å². The van der Waals surface area contributed by atoms with E-state index >= 15 is 0 Å². The summed E-state index contributed by atoms with van der Waals surface area (Å²) in [5.74, 6) is 0.890. The molecule has 1 saturated carbocycles. The van der Waals surface area contributed by atoms with Crippen molar-refractivity contribution in [1.82, 2.24) is 10.2 Å². The molecule has 1 N–H and O–H groups in total. The molecule has 1 rings (SSSR count). The van der Waals surface area contributed by atoms with E-state index in [1.165, 1.54) is 25.7 Å². The Labute approximate surface area is 112 Å². The van der Waals surface area contributed by atoms with Gasteiger partial charge in [0.2, 0.25) is 5.91 Å². The predicted octanol–water partition coefficient (Wildman–Crippen LogP) is 2.66. The Morgan fingerprint density at radius 1 is 1.28 bits per heavy atom. The van der Waals surface area contributed by atoms with E-state index in [9.17, 15) is 4.79 Å². The monoisotopic (exact) mass is 254 g/mol. The second-order valence-corrected chi connectivity index (χ2v) is 6.65. The molecule has 0 saturated heterocycles. The van der Waals surface area contributed by atoms with Gasteiger partial charge in [-0.25, -0.2) is 0 Å². The van der Waals surface area contributed by atoms with Gasteiger partial charge < -0.3 is 10.2 Å². The highest BCUT2D eigenvalue weighted by Crippen LogP contribution is 2.37. The molecule has 2 unspecified atom stereocenters. The summed E-state index contributed by atoms with van der Waals surface area (Å²) in [7, 11) is 1.87. The van der Waals surface area contributed by atoms with Gasteiger partial charge in [-0.15, -0.1) is 0 Å². The molecule has 0 aromatic rings. The summed E-state index contributed by atoms with van der Waals surface area (Å²) < 4.78 is 0. The molecule has 0 radical (unpaired) electrons. The Bertz CT molecular complexity index is 270. The van der Waals surface area contributed by atoms with Crippen LogP contribution in [0.4, 0.5) is 0 Å². The van der Waals surface area contributed by atoms with E-state index in [4.69, 9.17) is 0 Å². The fourth-order valence-corrected chi connectivity index (χ4v) is 2.94. The molecule has 18 heavy (non-hydrogen) atoms. The van der Waals surface area contributed by atoms with Crippen molar-refractivity contribution in [3.05, 3.63) is 0 Å². The molecule has 0 aliphatic heterocycles. The van der Waals surface area contributed by atoms with Crippen LogP contribution in [0.15, 0.2) is 0 Å². The molecule has 1 fully saturated rings. The summed E-state index contributed by atoms with van der Waals surface area (Å²) in [5.41, 5.74) is 0.331. The average molecular weight is 254 g/mol. The Morgan fingerprint density at radius 3 is 2.44 bits per heavy atom. The van der Waals surface area contributed by atoms with E-state index in [1.54, 1.807) is 4.90 Å². The van der Waals surface area contributed by atoms with Crippen LogP contribution in [0.5, 0.6) is 0 Å². The standard InChI is InChI=1S/C15H30N2O/c1-6-17(5)14(18)11-16-13-10-8-7-9-12(13)15(2,3)4/h12-13,16H,6-11H2,1-5H3. The lowest BCUT2D eigenvalue weighted by molar-refractivity contribution is -0.129. The second kappa shape index (κ2) is 6.55. The zero-order valence-electron chi connectivity index (χ0n) is 12.8. The van der Waals surface area contributed by atoms with E-state index in [2.05, 4.69) is 26.1 Å². The van der Waals surface area contributed by atoms with Crippen molar-refractivity contribution >= 4 is 5.91 Å². The molecule has 106 valence electrons. The minimum absolute atomic E-state index is 0.204. The molecule has 3 heteroatoms. The van der Waals surface area contributed by atoms with Crippen molar-refractivity contribution < 1.29 is 4.79 Å². The largest absolute Gasteiger partial charge is 0.345 e. The van der Waals surface area contributed by atoms with Gasteiger partial charge in [0, 0.05) is 19.6 Å². The lowest BCUT2D eigenvalue weighted by Crippen LogP contribution is -2.47.